The second-order valence-corrected chi connectivity index (χ2v) is 5.85. The molecule has 0 spiro atoms. The summed E-state index contributed by atoms with van der Waals surface area (Å²) in [5.41, 5.74) is 2.53. The summed E-state index contributed by atoms with van der Waals surface area (Å²) >= 11 is 6.20. The Bertz CT molecular complexity index is 421. The fraction of sp³-hybridized carbons (Fsp3) is 0.625. The van der Waals surface area contributed by atoms with Crippen LogP contribution in [0.3, 0.4) is 0 Å². The van der Waals surface area contributed by atoms with Crippen LogP contribution in [0.25, 0.3) is 0 Å². The molecule has 1 aliphatic rings. The topological polar surface area (TPSA) is 35.5 Å². The summed E-state index contributed by atoms with van der Waals surface area (Å²) in [5, 5.41) is 13.3. The number of nitrogens with one attached hydrogen (secondary N) is 1. The first-order chi connectivity index (χ1) is 9.76. The van der Waals surface area contributed by atoms with Gasteiger partial charge in [-0.1, -0.05) is 24.6 Å². The van der Waals surface area contributed by atoms with Crippen LogP contribution in [0.5, 0.6) is 0 Å². The van der Waals surface area contributed by atoms with Crippen LogP contribution in [-0.4, -0.2) is 30.8 Å². The second-order valence-electron chi connectivity index (χ2n) is 5.41. The smallest absolute Gasteiger partial charge is 0.0447 e. The van der Waals surface area contributed by atoms with Gasteiger partial charge in [0.25, 0.3) is 0 Å². The van der Waals surface area contributed by atoms with Crippen molar-refractivity contribution >= 4 is 17.3 Å². The minimum Gasteiger partial charge on any atom is -0.396 e. The van der Waals surface area contributed by atoms with E-state index < -0.39 is 0 Å². The maximum Gasteiger partial charge on any atom is 0.0447 e. The fourth-order valence-electron chi connectivity index (χ4n) is 2.65. The van der Waals surface area contributed by atoms with E-state index in [1.807, 2.05) is 6.07 Å². The zero-order valence-electron chi connectivity index (χ0n) is 12.2. The molecule has 20 heavy (non-hydrogen) atoms. The molecule has 1 aliphatic carbocycles. The SMILES string of the molecule is CCNCc1ccc(Cl)cc1N(CCCO)C1CCC1. The van der Waals surface area contributed by atoms with Gasteiger partial charge in [0.05, 0.1) is 0 Å². The highest BCUT2D eigenvalue weighted by molar-refractivity contribution is 6.30. The number of halogens is 1. The molecule has 2 N–H and O–H groups in total. The first-order valence-corrected chi connectivity index (χ1v) is 8.00. The number of rotatable bonds is 8. The molecule has 3 nitrogen and oxygen atoms in total. The van der Waals surface area contributed by atoms with Gasteiger partial charge in [0, 0.05) is 36.4 Å². The molecule has 1 aromatic rings. The number of hydrogen-bond acceptors (Lipinski definition) is 3. The van der Waals surface area contributed by atoms with E-state index in [2.05, 4.69) is 29.3 Å². The molecular weight excluding hydrogens is 272 g/mol. The second kappa shape index (κ2) is 7.87. The molecular formula is C16H25ClN2O. The van der Waals surface area contributed by atoms with Gasteiger partial charge < -0.3 is 15.3 Å². The lowest BCUT2D eigenvalue weighted by Gasteiger charge is -2.40. The standard InChI is InChI=1S/C16H25ClN2O/c1-2-18-12-13-7-8-14(17)11-16(13)19(9-4-10-20)15-5-3-6-15/h7-8,11,15,18,20H,2-6,9-10,12H2,1H3. The van der Waals surface area contributed by atoms with Crippen molar-refractivity contribution in [1.82, 2.24) is 5.32 Å². The summed E-state index contributed by atoms with van der Waals surface area (Å²) in [6.45, 7) is 5.09. The van der Waals surface area contributed by atoms with E-state index in [0.717, 1.165) is 31.1 Å². The van der Waals surface area contributed by atoms with Crippen LogP contribution in [0, 0.1) is 0 Å². The van der Waals surface area contributed by atoms with Crippen LogP contribution in [0.4, 0.5) is 5.69 Å². The van der Waals surface area contributed by atoms with Crippen molar-refractivity contribution in [1.29, 1.82) is 0 Å². The lowest BCUT2D eigenvalue weighted by atomic mass is 9.90. The Morgan fingerprint density at radius 2 is 2.20 bits per heavy atom. The van der Waals surface area contributed by atoms with Gasteiger partial charge in [-0.2, -0.15) is 0 Å². The highest BCUT2D eigenvalue weighted by Gasteiger charge is 2.26. The Balaban J connectivity index is 2.21. The number of anilines is 1. The van der Waals surface area contributed by atoms with Crippen molar-refractivity contribution in [3.63, 3.8) is 0 Å². The van der Waals surface area contributed by atoms with Crippen molar-refractivity contribution in [2.24, 2.45) is 0 Å². The molecule has 0 amide bonds. The highest BCUT2D eigenvalue weighted by Crippen LogP contribution is 2.33. The predicted octanol–water partition coefficient (Wildman–Crippen LogP) is 3.19. The third-order valence-electron chi connectivity index (χ3n) is 3.99. The lowest BCUT2D eigenvalue weighted by Crippen LogP contribution is -2.41. The van der Waals surface area contributed by atoms with E-state index in [9.17, 15) is 0 Å². The molecule has 0 aliphatic heterocycles. The van der Waals surface area contributed by atoms with E-state index in [-0.39, 0.29) is 6.61 Å². The molecule has 0 bridgehead atoms. The lowest BCUT2D eigenvalue weighted by molar-refractivity contribution is 0.283. The van der Waals surface area contributed by atoms with Gasteiger partial charge in [-0.3, -0.25) is 0 Å². The monoisotopic (exact) mass is 296 g/mol. The Labute approximate surface area is 126 Å². The summed E-state index contributed by atoms with van der Waals surface area (Å²) in [6, 6.07) is 6.76. The van der Waals surface area contributed by atoms with Crippen LogP contribution in [0.1, 0.15) is 38.2 Å². The molecule has 112 valence electrons. The molecule has 0 saturated heterocycles. The number of aliphatic hydroxyl groups excluding tert-OH is 1. The Kier molecular flexibility index (Phi) is 6.14. The quantitative estimate of drug-likeness (QED) is 0.773. The maximum atomic E-state index is 9.13. The maximum absolute atomic E-state index is 9.13. The first kappa shape index (κ1) is 15.6. The van der Waals surface area contributed by atoms with Crippen LogP contribution in [0.15, 0.2) is 18.2 Å². The average Bonchev–Trinajstić information content (AvgIpc) is 2.40. The van der Waals surface area contributed by atoms with Gasteiger partial charge in [-0.15, -0.1) is 0 Å². The van der Waals surface area contributed by atoms with Crippen LogP contribution in [-0.2, 0) is 6.54 Å². The van der Waals surface area contributed by atoms with Crippen LogP contribution < -0.4 is 10.2 Å². The molecule has 1 saturated carbocycles. The van der Waals surface area contributed by atoms with E-state index in [4.69, 9.17) is 16.7 Å². The molecule has 0 heterocycles. The molecule has 4 heteroatoms. The predicted molar refractivity (Wildman–Crippen MR) is 85.5 cm³/mol. The fourth-order valence-corrected chi connectivity index (χ4v) is 2.82. The summed E-state index contributed by atoms with van der Waals surface area (Å²) in [7, 11) is 0. The normalized spacial score (nSPS) is 15.2. The molecule has 1 fully saturated rings. The number of benzene rings is 1. The molecule has 0 unspecified atom stereocenters. The Morgan fingerprint density at radius 3 is 2.80 bits per heavy atom. The summed E-state index contributed by atoms with van der Waals surface area (Å²) in [5.74, 6) is 0. The van der Waals surface area contributed by atoms with Gasteiger partial charge in [0.1, 0.15) is 0 Å². The third kappa shape index (κ3) is 3.87. The van der Waals surface area contributed by atoms with E-state index in [0.29, 0.717) is 6.04 Å². The van der Waals surface area contributed by atoms with Crippen LogP contribution >= 0.6 is 11.6 Å². The van der Waals surface area contributed by atoms with Gasteiger partial charge in [-0.05, 0) is 49.9 Å². The zero-order valence-corrected chi connectivity index (χ0v) is 13.0. The van der Waals surface area contributed by atoms with Crippen molar-refractivity contribution in [2.75, 3.05) is 24.6 Å². The Morgan fingerprint density at radius 1 is 1.40 bits per heavy atom. The van der Waals surface area contributed by atoms with Crippen molar-refractivity contribution in [3.8, 4) is 0 Å². The van der Waals surface area contributed by atoms with Crippen molar-refractivity contribution in [3.05, 3.63) is 28.8 Å². The largest absolute Gasteiger partial charge is 0.396 e. The minimum atomic E-state index is 0.242. The molecule has 2 rings (SSSR count). The number of aliphatic hydroxyl groups is 1. The number of nitrogens with zero attached hydrogens (tertiary/aromatic N) is 1. The number of hydrogen-bond donors (Lipinski definition) is 2. The minimum absolute atomic E-state index is 0.242. The average molecular weight is 297 g/mol. The summed E-state index contributed by atoms with van der Waals surface area (Å²) in [6.07, 6.45) is 4.62. The van der Waals surface area contributed by atoms with Gasteiger partial charge in [-0.25, -0.2) is 0 Å². The van der Waals surface area contributed by atoms with E-state index in [1.54, 1.807) is 0 Å². The Hall–Kier alpha value is -0.770. The summed E-state index contributed by atoms with van der Waals surface area (Å²) in [4.78, 5) is 2.44. The van der Waals surface area contributed by atoms with Gasteiger partial charge in [0.15, 0.2) is 0 Å². The van der Waals surface area contributed by atoms with Gasteiger partial charge in [0.2, 0.25) is 0 Å². The molecule has 1 aromatic carbocycles. The first-order valence-electron chi connectivity index (χ1n) is 7.63. The highest BCUT2D eigenvalue weighted by atomic mass is 35.5. The molecule has 0 atom stereocenters. The van der Waals surface area contributed by atoms with E-state index >= 15 is 0 Å². The van der Waals surface area contributed by atoms with Crippen molar-refractivity contribution in [2.45, 2.75) is 45.2 Å². The van der Waals surface area contributed by atoms with Gasteiger partial charge >= 0.3 is 0 Å². The molecule has 0 aromatic heterocycles. The molecule has 0 radical (unpaired) electrons. The third-order valence-corrected chi connectivity index (χ3v) is 4.23. The van der Waals surface area contributed by atoms with E-state index in [1.165, 1.54) is 30.5 Å². The zero-order chi connectivity index (χ0) is 14.4. The summed E-state index contributed by atoms with van der Waals surface area (Å²) < 4.78 is 0. The van der Waals surface area contributed by atoms with Crippen LogP contribution in [0.2, 0.25) is 5.02 Å². The van der Waals surface area contributed by atoms with Crippen molar-refractivity contribution < 1.29 is 5.11 Å².